The van der Waals surface area contributed by atoms with E-state index in [2.05, 4.69) is 17.0 Å². The molecule has 0 spiro atoms. The zero-order valence-corrected chi connectivity index (χ0v) is 14.3. The highest BCUT2D eigenvalue weighted by Gasteiger charge is 2.29. The van der Waals surface area contributed by atoms with Gasteiger partial charge in [0.15, 0.2) is 0 Å². The maximum atomic E-state index is 11.8. The van der Waals surface area contributed by atoms with Crippen molar-refractivity contribution in [1.82, 2.24) is 9.80 Å². The largest absolute Gasteiger partial charge is 0.478 e. The fraction of sp³-hybridized carbons (Fsp3) is 0.300. The van der Waals surface area contributed by atoms with Crippen LogP contribution in [-0.4, -0.2) is 46.4 Å². The number of carbonyl (C=O) groups excluding carboxylic acids is 1. The van der Waals surface area contributed by atoms with Crippen LogP contribution in [0.4, 0.5) is 0 Å². The lowest BCUT2D eigenvalue weighted by Gasteiger charge is -2.41. The number of hydrogen-bond donors (Lipinski definition) is 1. The van der Waals surface area contributed by atoms with Crippen LogP contribution in [0.1, 0.15) is 34.5 Å². The number of hydrogen-bond acceptors (Lipinski definition) is 3. The van der Waals surface area contributed by atoms with E-state index in [4.69, 9.17) is 0 Å². The highest BCUT2D eigenvalue weighted by molar-refractivity contribution is 5.87. The Balaban J connectivity index is 1.84. The number of carboxylic acids is 1. The van der Waals surface area contributed by atoms with Crippen LogP contribution in [0.2, 0.25) is 0 Å². The summed E-state index contributed by atoms with van der Waals surface area (Å²) in [6.45, 7) is 4.37. The Morgan fingerprint density at radius 2 is 1.84 bits per heavy atom. The Kier molecular flexibility index (Phi) is 5.14. The summed E-state index contributed by atoms with van der Waals surface area (Å²) in [7, 11) is 0. The molecular weight excluding hydrogens is 316 g/mol. The minimum atomic E-state index is -0.914. The van der Waals surface area contributed by atoms with Crippen LogP contribution >= 0.6 is 0 Å². The van der Waals surface area contributed by atoms with Gasteiger partial charge in [-0.15, -0.1) is 0 Å². The Hall–Kier alpha value is -2.66. The van der Waals surface area contributed by atoms with Gasteiger partial charge in [0.25, 0.3) is 0 Å². The fourth-order valence-corrected chi connectivity index (χ4v) is 3.32. The summed E-state index contributed by atoms with van der Waals surface area (Å²) in [4.78, 5) is 27.2. The Bertz CT molecular complexity index is 761. The first-order valence-electron chi connectivity index (χ1n) is 8.41. The van der Waals surface area contributed by atoms with Crippen molar-refractivity contribution in [2.45, 2.75) is 19.5 Å². The smallest absolute Gasteiger partial charge is 0.335 e. The maximum Gasteiger partial charge on any atom is 0.335 e. The van der Waals surface area contributed by atoms with Gasteiger partial charge in [0.05, 0.1) is 11.6 Å². The van der Waals surface area contributed by atoms with Crippen LogP contribution in [0.15, 0.2) is 54.6 Å². The lowest BCUT2D eigenvalue weighted by Crippen LogP contribution is -2.49. The third-order valence-corrected chi connectivity index (χ3v) is 4.68. The molecule has 0 unspecified atom stereocenters. The van der Waals surface area contributed by atoms with Crippen molar-refractivity contribution in [3.05, 3.63) is 71.3 Å². The standard InChI is InChI=1S/C20H22N2O3/c1-15(23)21-10-11-22(19(14-21)17-7-3-2-4-8-17)13-16-6-5-9-18(12-16)20(24)25/h2-9,12,19H,10-11,13-14H2,1H3,(H,24,25)/t19-/m1/s1. The van der Waals surface area contributed by atoms with Crippen molar-refractivity contribution >= 4 is 11.9 Å². The lowest BCUT2D eigenvalue weighted by molar-refractivity contribution is -0.132. The van der Waals surface area contributed by atoms with Crippen molar-refractivity contribution < 1.29 is 14.7 Å². The SMILES string of the molecule is CC(=O)N1CCN(Cc2cccc(C(=O)O)c2)[C@@H](c2ccccc2)C1. The molecule has 2 aromatic rings. The fourth-order valence-electron chi connectivity index (χ4n) is 3.32. The van der Waals surface area contributed by atoms with E-state index < -0.39 is 5.97 Å². The molecule has 25 heavy (non-hydrogen) atoms. The molecule has 1 heterocycles. The number of nitrogens with zero attached hydrogens (tertiary/aromatic N) is 2. The van der Waals surface area contributed by atoms with Gasteiger partial charge in [0, 0.05) is 33.1 Å². The van der Waals surface area contributed by atoms with E-state index in [0.29, 0.717) is 25.2 Å². The molecule has 0 bridgehead atoms. The van der Waals surface area contributed by atoms with Crippen molar-refractivity contribution in [2.75, 3.05) is 19.6 Å². The van der Waals surface area contributed by atoms with Crippen molar-refractivity contribution in [3.8, 4) is 0 Å². The number of aromatic carboxylic acids is 1. The molecule has 1 atom stereocenters. The van der Waals surface area contributed by atoms with Crippen molar-refractivity contribution in [1.29, 1.82) is 0 Å². The molecule has 1 aliphatic rings. The molecule has 1 fully saturated rings. The van der Waals surface area contributed by atoms with Crippen LogP contribution < -0.4 is 0 Å². The molecule has 5 heteroatoms. The second-order valence-electron chi connectivity index (χ2n) is 6.37. The molecule has 2 aromatic carbocycles. The third kappa shape index (κ3) is 4.06. The van der Waals surface area contributed by atoms with Gasteiger partial charge in [0.1, 0.15) is 0 Å². The molecule has 0 aromatic heterocycles. The van der Waals surface area contributed by atoms with E-state index >= 15 is 0 Å². The van der Waals surface area contributed by atoms with Crippen LogP contribution in [-0.2, 0) is 11.3 Å². The van der Waals surface area contributed by atoms with Gasteiger partial charge in [-0.3, -0.25) is 9.69 Å². The second kappa shape index (κ2) is 7.49. The molecule has 3 rings (SSSR count). The molecule has 1 N–H and O–H groups in total. The van der Waals surface area contributed by atoms with Gasteiger partial charge in [0.2, 0.25) is 5.91 Å². The highest BCUT2D eigenvalue weighted by atomic mass is 16.4. The van der Waals surface area contributed by atoms with Crippen molar-refractivity contribution in [2.24, 2.45) is 0 Å². The summed E-state index contributed by atoms with van der Waals surface area (Å²) >= 11 is 0. The Morgan fingerprint density at radius 1 is 1.08 bits per heavy atom. The zero-order valence-electron chi connectivity index (χ0n) is 14.3. The normalized spacial score (nSPS) is 18.1. The minimum absolute atomic E-state index is 0.0912. The lowest BCUT2D eigenvalue weighted by atomic mass is 10.0. The number of benzene rings is 2. The first-order chi connectivity index (χ1) is 12.0. The van der Waals surface area contributed by atoms with Crippen LogP contribution in [0, 0.1) is 0 Å². The van der Waals surface area contributed by atoms with E-state index in [0.717, 1.165) is 12.1 Å². The van der Waals surface area contributed by atoms with Crippen LogP contribution in [0.25, 0.3) is 0 Å². The van der Waals surface area contributed by atoms with Gasteiger partial charge in [-0.05, 0) is 23.3 Å². The van der Waals surface area contributed by atoms with E-state index in [9.17, 15) is 14.7 Å². The highest BCUT2D eigenvalue weighted by Crippen LogP contribution is 2.27. The van der Waals surface area contributed by atoms with Crippen molar-refractivity contribution in [3.63, 3.8) is 0 Å². The number of amides is 1. The first kappa shape index (κ1) is 17.2. The molecular formula is C20H22N2O3. The number of carboxylic acid groups (broad SMARTS) is 1. The monoisotopic (exact) mass is 338 g/mol. The predicted octanol–water partition coefficient (Wildman–Crippen LogP) is 2.79. The number of piperazine rings is 1. The molecule has 1 aliphatic heterocycles. The van der Waals surface area contributed by atoms with Gasteiger partial charge < -0.3 is 10.0 Å². The molecule has 0 aliphatic carbocycles. The summed E-state index contributed by atoms with van der Waals surface area (Å²) in [6, 6.07) is 17.3. The van der Waals surface area contributed by atoms with Crippen LogP contribution in [0.5, 0.6) is 0 Å². The molecule has 0 radical (unpaired) electrons. The molecule has 1 saturated heterocycles. The quantitative estimate of drug-likeness (QED) is 0.931. The Labute approximate surface area is 147 Å². The topological polar surface area (TPSA) is 60.9 Å². The van der Waals surface area contributed by atoms with E-state index in [1.54, 1.807) is 25.1 Å². The van der Waals surface area contributed by atoms with E-state index in [1.165, 1.54) is 5.56 Å². The van der Waals surface area contributed by atoms with Gasteiger partial charge in [-0.1, -0.05) is 42.5 Å². The van der Waals surface area contributed by atoms with E-state index in [1.807, 2.05) is 29.2 Å². The van der Waals surface area contributed by atoms with Gasteiger partial charge in [-0.25, -0.2) is 4.79 Å². The average Bonchev–Trinajstić information content (AvgIpc) is 2.63. The molecule has 130 valence electrons. The minimum Gasteiger partial charge on any atom is -0.478 e. The molecule has 5 nitrogen and oxygen atoms in total. The number of carbonyl (C=O) groups is 2. The summed E-state index contributed by atoms with van der Waals surface area (Å²) < 4.78 is 0. The van der Waals surface area contributed by atoms with Gasteiger partial charge >= 0.3 is 5.97 Å². The third-order valence-electron chi connectivity index (χ3n) is 4.68. The summed E-state index contributed by atoms with van der Waals surface area (Å²) in [5, 5.41) is 9.18. The summed E-state index contributed by atoms with van der Waals surface area (Å²) in [5.74, 6) is -0.823. The van der Waals surface area contributed by atoms with Crippen LogP contribution in [0.3, 0.4) is 0 Å². The predicted molar refractivity (Wildman–Crippen MR) is 95.2 cm³/mol. The zero-order chi connectivity index (χ0) is 17.8. The Morgan fingerprint density at radius 3 is 2.52 bits per heavy atom. The maximum absolute atomic E-state index is 11.8. The second-order valence-corrected chi connectivity index (χ2v) is 6.37. The van der Waals surface area contributed by atoms with E-state index in [-0.39, 0.29) is 11.9 Å². The summed E-state index contributed by atoms with van der Waals surface area (Å²) in [5.41, 5.74) is 2.44. The molecule has 1 amide bonds. The number of rotatable bonds is 4. The molecule has 0 saturated carbocycles. The first-order valence-corrected chi connectivity index (χ1v) is 8.41. The average molecular weight is 338 g/mol. The summed E-state index contributed by atoms with van der Waals surface area (Å²) in [6.07, 6.45) is 0. The van der Waals surface area contributed by atoms with Gasteiger partial charge in [-0.2, -0.15) is 0 Å².